The fraction of sp³-hybridized carbons (Fsp3) is 0.692. The summed E-state index contributed by atoms with van der Waals surface area (Å²) in [5.74, 6) is 0. The predicted molar refractivity (Wildman–Crippen MR) is 75.1 cm³/mol. The van der Waals surface area contributed by atoms with E-state index in [2.05, 4.69) is 18.9 Å². The van der Waals surface area contributed by atoms with Gasteiger partial charge in [-0.25, -0.2) is 19.2 Å². The van der Waals surface area contributed by atoms with Crippen molar-refractivity contribution < 1.29 is 61.8 Å². The number of carbonyl (C=O) groups is 4. The summed E-state index contributed by atoms with van der Waals surface area (Å²) in [4.78, 5) is 45.4. The van der Waals surface area contributed by atoms with E-state index in [1.54, 1.807) is 0 Å². The summed E-state index contributed by atoms with van der Waals surface area (Å²) in [6.07, 6.45) is -10.1. The molecule has 26 heavy (non-hydrogen) atoms. The average molecular weight is 382 g/mol. The van der Waals surface area contributed by atoms with Crippen LogP contribution >= 0.6 is 0 Å². The molecule has 1 heterocycles. The molecule has 148 valence electrons. The standard InChI is InChI=1S/C13H18O13/c1-18-10(14)22-5-6-7(24-11(15)19-2)8(25-12(16)20-3)9(23-6)26-13(17)21-4/h6-9H,5H2,1-4H3/t6-,7-,8-,9?/m1/s1. The fourth-order valence-electron chi connectivity index (χ4n) is 1.86. The van der Waals surface area contributed by atoms with Gasteiger partial charge in [0.05, 0.1) is 28.4 Å². The highest BCUT2D eigenvalue weighted by molar-refractivity contribution is 5.62. The van der Waals surface area contributed by atoms with Gasteiger partial charge in [0.2, 0.25) is 12.4 Å². The molecule has 0 bridgehead atoms. The van der Waals surface area contributed by atoms with Gasteiger partial charge in [0.25, 0.3) is 0 Å². The Morgan fingerprint density at radius 3 is 1.65 bits per heavy atom. The molecule has 0 aromatic rings. The summed E-state index contributed by atoms with van der Waals surface area (Å²) in [7, 11) is 4.18. The van der Waals surface area contributed by atoms with Crippen LogP contribution < -0.4 is 0 Å². The minimum atomic E-state index is -1.55. The Morgan fingerprint density at radius 1 is 0.692 bits per heavy atom. The number of hydrogen-bond acceptors (Lipinski definition) is 13. The minimum Gasteiger partial charge on any atom is -0.438 e. The predicted octanol–water partition coefficient (Wildman–Crippen LogP) is 0.580. The number of methoxy groups -OCH3 is 4. The molecule has 1 fully saturated rings. The van der Waals surface area contributed by atoms with Crippen molar-refractivity contribution in [2.75, 3.05) is 35.0 Å². The SMILES string of the molecule is COC(=O)OC[C@H]1OC(OC(=O)OC)[C@H](OC(=O)OC)[C@@H]1OC(=O)OC. The van der Waals surface area contributed by atoms with Gasteiger partial charge in [-0.15, -0.1) is 0 Å². The Bertz CT molecular complexity index is 518. The number of carbonyl (C=O) groups excluding carboxylic acids is 4. The zero-order chi connectivity index (χ0) is 19.7. The molecule has 0 aromatic carbocycles. The van der Waals surface area contributed by atoms with Crippen molar-refractivity contribution in [1.29, 1.82) is 0 Å². The highest BCUT2D eigenvalue weighted by atomic mass is 16.8. The van der Waals surface area contributed by atoms with Gasteiger partial charge >= 0.3 is 24.6 Å². The van der Waals surface area contributed by atoms with Gasteiger partial charge in [0.1, 0.15) is 12.7 Å². The van der Waals surface area contributed by atoms with Crippen LogP contribution in [0.5, 0.6) is 0 Å². The Balaban J connectivity index is 3.01. The third-order valence-corrected chi connectivity index (χ3v) is 2.98. The second kappa shape index (κ2) is 10.1. The third kappa shape index (κ3) is 5.84. The molecule has 0 aromatic heterocycles. The summed E-state index contributed by atoms with van der Waals surface area (Å²) in [5, 5.41) is 0. The molecule has 0 saturated carbocycles. The van der Waals surface area contributed by atoms with E-state index in [1.165, 1.54) is 0 Å². The van der Waals surface area contributed by atoms with Crippen molar-refractivity contribution in [2.24, 2.45) is 0 Å². The maximum absolute atomic E-state index is 11.5. The van der Waals surface area contributed by atoms with E-state index in [-0.39, 0.29) is 0 Å². The van der Waals surface area contributed by atoms with Crippen LogP contribution in [0.1, 0.15) is 0 Å². The zero-order valence-corrected chi connectivity index (χ0v) is 14.3. The molecule has 0 spiro atoms. The van der Waals surface area contributed by atoms with Crippen LogP contribution in [0.25, 0.3) is 0 Å². The summed E-state index contributed by atoms with van der Waals surface area (Å²) >= 11 is 0. The van der Waals surface area contributed by atoms with Gasteiger partial charge in [-0.1, -0.05) is 0 Å². The second-order valence-electron chi connectivity index (χ2n) is 4.45. The van der Waals surface area contributed by atoms with Gasteiger partial charge in [0, 0.05) is 0 Å². The van der Waals surface area contributed by atoms with Crippen molar-refractivity contribution in [3.8, 4) is 0 Å². The maximum atomic E-state index is 11.5. The quantitative estimate of drug-likeness (QED) is 0.482. The van der Waals surface area contributed by atoms with Crippen molar-refractivity contribution in [3.05, 3.63) is 0 Å². The lowest BCUT2D eigenvalue weighted by Gasteiger charge is -2.22. The molecule has 13 heteroatoms. The molecule has 13 nitrogen and oxygen atoms in total. The highest BCUT2D eigenvalue weighted by Crippen LogP contribution is 2.29. The van der Waals surface area contributed by atoms with Crippen LogP contribution in [0.15, 0.2) is 0 Å². The Morgan fingerprint density at radius 2 is 1.15 bits per heavy atom. The molecule has 0 amide bonds. The molecule has 1 saturated heterocycles. The molecule has 1 aliphatic rings. The third-order valence-electron chi connectivity index (χ3n) is 2.98. The first kappa shape index (κ1) is 21.1. The van der Waals surface area contributed by atoms with Crippen LogP contribution in [-0.4, -0.2) is 84.3 Å². The van der Waals surface area contributed by atoms with Crippen LogP contribution in [0.3, 0.4) is 0 Å². The summed E-state index contributed by atoms with van der Waals surface area (Å²) < 4.78 is 42.1. The fourth-order valence-corrected chi connectivity index (χ4v) is 1.86. The lowest BCUT2D eigenvalue weighted by atomic mass is 10.1. The van der Waals surface area contributed by atoms with Gasteiger partial charge in [0.15, 0.2) is 6.10 Å². The van der Waals surface area contributed by atoms with Crippen LogP contribution in [0.2, 0.25) is 0 Å². The van der Waals surface area contributed by atoms with E-state index in [0.717, 1.165) is 28.4 Å². The van der Waals surface area contributed by atoms with Crippen molar-refractivity contribution in [3.63, 3.8) is 0 Å². The first-order valence-electron chi connectivity index (χ1n) is 6.96. The van der Waals surface area contributed by atoms with E-state index in [9.17, 15) is 19.2 Å². The van der Waals surface area contributed by atoms with Crippen molar-refractivity contribution in [2.45, 2.75) is 24.6 Å². The lowest BCUT2D eigenvalue weighted by molar-refractivity contribution is -0.152. The Kier molecular flexibility index (Phi) is 8.21. The van der Waals surface area contributed by atoms with Crippen LogP contribution in [0, 0.1) is 0 Å². The molecule has 0 radical (unpaired) electrons. The molecular formula is C13H18O13. The van der Waals surface area contributed by atoms with E-state index in [4.69, 9.17) is 23.7 Å². The lowest BCUT2D eigenvalue weighted by Crippen LogP contribution is -2.42. The van der Waals surface area contributed by atoms with E-state index < -0.39 is 55.8 Å². The molecule has 4 atom stereocenters. The second-order valence-corrected chi connectivity index (χ2v) is 4.45. The first-order chi connectivity index (χ1) is 12.4. The summed E-state index contributed by atoms with van der Waals surface area (Å²) in [6, 6.07) is 0. The average Bonchev–Trinajstić information content (AvgIpc) is 2.95. The van der Waals surface area contributed by atoms with E-state index in [1.807, 2.05) is 0 Å². The minimum absolute atomic E-state index is 0.490. The summed E-state index contributed by atoms with van der Waals surface area (Å²) in [6.45, 7) is -0.490. The van der Waals surface area contributed by atoms with Gasteiger partial charge in [-0.2, -0.15) is 0 Å². The van der Waals surface area contributed by atoms with Gasteiger partial charge in [-0.3, -0.25) is 0 Å². The van der Waals surface area contributed by atoms with Gasteiger partial charge < -0.3 is 42.6 Å². The maximum Gasteiger partial charge on any atom is 0.510 e. The highest BCUT2D eigenvalue weighted by Gasteiger charge is 2.53. The topological polar surface area (TPSA) is 151 Å². The first-order valence-corrected chi connectivity index (χ1v) is 6.96. The molecular weight excluding hydrogens is 364 g/mol. The molecule has 1 rings (SSSR count). The monoisotopic (exact) mass is 382 g/mol. The van der Waals surface area contributed by atoms with Crippen molar-refractivity contribution in [1.82, 2.24) is 0 Å². The normalized spacial score (nSPS) is 24.0. The Labute approximate surface area is 147 Å². The van der Waals surface area contributed by atoms with E-state index in [0.29, 0.717) is 0 Å². The van der Waals surface area contributed by atoms with E-state index >= 15 is 0 Å². The molecule has 0 N–H and O–H groups in total. The number of ether oxygens (including phenoxy) is 9. The van der Waals surface area contributed by atoms with Gasteiger partial charge in [-0.05, 0) is 0 Å². The zero-order valence-electron chi connectivity index (χ0n) is 14.3. The van der Waals surface area contributed by atoms with Crippen LogP contribution in [0.4, 0.5) is 19.2 Å². The number of hydrogen-bond donors (Lipinski definition) is 0. The smallest absolute Gasteiger partial charge is 0.438 e. The van der Waals surface area contributed by atoms with Crippen LogP contribution in [-0.2, 0) is 42.6 Å². The summed E-state index contributed by atoms with van der Waals surface area (Å²) in [5.41, 5.74) is 0. The molecule has 0 aliphatic carbocycles. The largest absolute Gasteiger partial charge is 0.510 e. The Hall–Kier alpha value is -2.96. The molecule has 1 unspecified atom stereocenters. The molecule has 1 aliphatic heterocycles. The number of rotatable bonds is 5. The van der Waals surface area contributed by atoms with Crippen molar-refractivity contribution >= 4 is 24.6 Å².